The lowest BCUT2D eigenvalue weighted by Crippen LogP contribution is -2.36. The molecule has 0 bridgehead atoms. The van der Waals surface area contributed by atoms with Crippen molar-refractivity contribution in [2.45, 2.75) is 25.3 Å². The summed E-state index contributed by atoms with van der Waals surface area (Å²) in [7, 11) is 1.86. The summed E-state index contributed by atoms with van der Waals surface area (Å²) in [6, 6.07) is 0.389. The van der Waals surface area contributed by atoms with Crippen molar-refractivity contribution in [2.75, 3.05) is 20.1 Å². The molecule has 1 rings (SSSR count). The molecule has 1 N–H and O–H groups in total. The number of rotatable bonds is 2. The van der Waals surface area contributed by atoms with E-state index in [4.69, 9.17) is 0 Å². The predicted molar refractivity (Wildman–Crippen MR) is 53.5 cm³/mol. The summed E-state index contributed by atoms with van der Waals surface area (Å²) in [5.41, 5.74) is 0. The van der Waals surface area contributed by atoms with Crippen LogP contribution in [-0.4, -0.2) is 37.0 Å². The first-order chi connectivity index (χ1) is 6.25. The van der Waals surface area contributed by atoms with Gasteiger partial charge in [0.2, 0.25) is 5.91 Å². The van der Waals surface area contributed by atoms with Gasteiger partial charge in [-0.3, -0.25) is 4.79 Å². The first-order valence-electron chi connectivity index (χ1n) is 4.85. The molecule has 0 saturated carbocycles. The number of hydrogen-bond acceptors (Lipinski definition) is 2. The fourth-order valence-corrected chi connectivity index (χ4v) is 1.71. The Kier molecular flexibility index (Phi) is 3.96. The minimum atomic E-state index is 0.0342. The van der Waals surface area contributed by atoms with Crippen molar-refractivity contribution in [3.63, 3.8) is 0 Å². The molecule has 0 aliphatic carbocycles. The number of nitrogens with zero attached hydrogens (tertiary/aromatic N) is 1. The Hall–Kier alpha value is -0.830. The minimum absolute atomic E-state index is 0.0342. The van der Waals surface area contributed by atoms with E-state index >= 15 is 0 Å². The number of carbonyl (C=O) groups is 1. The maximum absolute atomic E-state index is 11.3. The van der Waals surface area contributed by atoms with Crippen LogP contribution in [0.25, 0.3) is 0 Å². The average Bonchev–Trinajstić information content (AvgIpc) is 2.43. The van der Waals surface area contributed by atoms with Crippen molar-refractivity contribution < 1.29 is 4.79 Å². The zero-order valence-electron chi connectivity index (χ0n) is 8.25. The number of hydrogen-bond donors (Lipinski definition) is 1. The molecule has 1 saturated heterocycles. The average molecular weight is 182 g/mol. The maximum atomic E-state index is 11.3. The van der Waals surface area contributed by atoms with Crippen LogP contribution in [0.5, 0.6) is 0 Å². The Labute approximate surface area is 79.8 Å². The topological polar surface area (TPSA) is 32.3 Å². The Morgan fingerprint density at radius 2 is 2.31 bits per heavy atom. The van der Waals surface area contributed by atoms with E-state index in [0.29, 0.717) is 6.04 Å². The molecule has 1 unspecified atom stereocenters. The van der Waals surface area contributed by atoms with E-state index < -0.39 is 0 Å². The molecule has 1 fully saturated rings. The lowest BCUT2D eigenvalue weighted by Gasteiger charge is -2.25. The van der Waals surface area contributed by atoms with E-state index in [-0.39, 0.29) is 5.91 Å². The van der Waals surface area contributed by atoms with Crippen LogP contribution in [0.1, 0.15) is 19.3 Å². The smallest absolute Gasteiger partial charge is 0.245 e. The lowest BCUT2D eigenvalue weighted by atomic mass is 10.1. The molecule has 1 amide bonds. The summed E-state index contributed by atoms with van der Waals surface area (Å²) in [4.78, 5) is 13.1. The third-order valence-electron chi connectivity index (χ3n) is 2.62. The van der Waals surface area contributed by atoms with Gasteiger partial charge in [-0.2, -0.15) is 0 Å². The van der Waals surface area contributed by atoms with Crippen LogP contribution >= 0.6 is 0 Å². The van der Waals surface area contributed by atoms with Gasteiger partial charge in [-0.15, -0.1) is 0 Å². The summed E-state index contributed by atoms with van der Waals surface area (Å²) < 4.78 is 0. The summed E-state index contributed by atoms with van der Waals surface area (Å²) in [5, 5.41) is 3.33. The number of likely N-dealkylation sites (N-methyl/N-ethyl adjacent to an activating group) is 1. The van der Waals surface area contributed by atoms with Gasteiger partial charge in [0.05, 0.1) is 0 Å². The van der Waals surface area contributed by atoms with Crippen molar-refractivity contribution in [2.24, 2.45) is 0 Å². The first-order valence-corrected chi connectivity index (χ1v) is 4.85. The zero-order chi connectivity index (χ0) is 9.68. The van der Waals surface area contributed by atoms with Gasteiger partial charge in [-0.1, -0.05) is 6.58 Å². The van der Waals surface area contributed by atoms with E-state index in [1.165, 1.54) is 6.08 Å². The highest BCUT2D eigenvalue weighted by Gasteiger charge is 2.18. The fourth-order valence-electron chi connectivity index (χ4n) is 1.71. The minimum Gasteiger partial charge on any atom is -0.339 e. The molecular weight excluding hydrogens is 164 g/mol. The van der Waals surface area contributed by atoms with E-state index in [0.717, 1.165) is 32.4 Å². The molecule has 3 heteroatoms. The van der Waals surface area contributed by atoms with Crippen LogP contribution in [-0.2, 0) is 4.79 Å². The van der Waals surface area contributed by atoms with Gasteiger partial charge < -0.3 is 10.2 Å². The SMILES string of the molecule is C=CC(=O)N(C)C1CCCNCC1. The second-order valence-corrected chi connectivity index (χ2v) is 3.49. The third-order valence-corrected chi connectivity index (χ3v) is 2.62. The van der Waals surface area contributed by atoms with Crippen molar-refractivity contribution >= 4 is 5.91 Å². The molecule has 1 heterocycles. The highest BCUT2D eigenvalue weighted by Crippen LogP contribution is 2.11. The quantitative estimate of drug-likeness (QED) is 0.640. The van der Waals surface area contributed by atoms with Crippen LogP contribution in [0.2, 0.25) is 0 Å². The van der Waals surface area contributed by atoms with E-state index in [2.05, 4.69) is 11.9 Å². The molecule has 0 aromatic carbocycles. The fraction of sp³-hybridized carbons (Fsp3) is 0.700. The number of amides is 1. The zero-order valence-corrected chi connectivity index (χ0v) is 8.25. The standard InChI is InChI=1S/C10H18N2O/c1-3-10(13)12(2)9-5-4-7-11-8-6-9/h3,9,11H,1,4-8H2,2H3. The molecule has 3 nitrogen and oxygen atoms in total. The molecule has 13 heavy (non-hydrogen) atoms. The van der Waals surface area contributed by atoms with E-state index in [1.54, 1.807) is 4.90 Å². The maximum Gasteiger partial charge on any atom is 0.245 e. The summed E-state index contributed by atoms with van der Waals surface area (Å²) in [5.74, 6) is 0.0342. The van der Waals surface area contributed by atoms with Crippen LogP contribution < -0.4 is 5.32 Å². The summed E-state index contributed by atoms with van der Waals surface area (Å²) >= 11 is 0. The Bertz CT molecular complexity index is 183. The molecule has 1 aliphatic heterocycles. The highest BCUT2D eigenvalue weighted by atomic mass is 16.2. The normalized spacial score (nSPS) is 23.3. The largest absolute Gasteiger partial charge is 0.339 e. The van der Waals surface area contributed by atoms with Crippen LogP contribution in [0.4, 0.5) is 0 Å². The first kappa shape index (κ1) is 10.3. The molecule has 1 atom stereocenters. The van der Waals surface area contributed by atoms with Crippen LogP contribution in [0.15, 0.2) is 12.7 Å². The van der Waals surface area contributed by atoms with Gasteiger partial charge in [0.25, 0.3) is 0 Å². The molecular formula is C10H18N2O. The monoisotopic (exact) mass is 182 g/mol. The van der Waals surface area contributed by atoms with Crippen LogP contribution in [0, 0.1) is 0 Å². The Morgan fingerprint density at radius 1 is 1.54 bits per heavy atom. The van der Waals surface area contributed by atoms with E-state index in [1.807, 2.05) is 7.05 Å². The summed E-state index contributed by atoms with van der Waals surface area (Å²) in [6.07, 6.45) is 4.69. The Morgan fingerprint density at radius 3 is 3.00 bits per heavy atom. The van der Waals surface area contributed by atoms with Gasteiger partial charge in [0.1, 0.15) is 0 Å². The van der Waals surface area contributed by atoms with Crippen LogP contribution in [0.3, 0.4) is 0 Å². The Balaban J connectivity index is 2.47. The van der Waals surface area contributed by atoms with Gasteiger partial charge in [0.15, 0.2) is 0 Å². The van der Waals surface area contributed by atoms with Crippen molar-refractivity contribution in [3.8, 4) is 0 Å². The molecule has 74 valence electrons. The molecule has 0 aromatic heterocycles. The number of nitrogens with one attached hydrogen (secondary N) is 1. The number of carbonyl (C=O) groups excluding carboxylic acids is 1. The molecule has 0 radical (unpaired) electrons. The summed E-state index contributed by atoms with van der Waals surface area (Å²) in [6.45, 7) is 5.58. The van der Waals surface area contributed by atoms with E-state index in [9.17, 15) is 4.79 Å². The molecule has 1 aliphatic rings. The highest BCUT2D eigenvalue weighted by molar-refractivity contribution is 5.86. The van der Waals surface area contributed by atoms with Crippen molar-refractivity contribution in [1.29, 1.82) is 0 Å². The van der Waals surface area contributed by atoms with Gasteiger partial charge in [-0.05, 0) is 38.4 Å². The molecule has 0 spiro atoms. The van der Waals surface area contributed by atoms with Crippen molar-refractivity contribution in [1.82, 2.24) is 10.2 Å². The molecule has 0 aromatic rings. The van der Waals surface area contributed by atoms with Gasteiger partial charge >= 0.3 is 0 Å². The second kappa shape index (κ2) is 5.02. The van der Waals surface area contributed by atoms with Gasteiger partial charge in [-0.25, -0.2) is 0 Å². The van der Waals surface area contributed by atoms with Crippen molar-refractivity contribution in [3.05, 3.63) is 12.7 Å². The second-order valence-electron chi connectivity index (χ2n) is 3.49. The third kappa shape index (κ3) is 2.84. The predicted octanol–water partition coefficient (Wildman–Crippen LogP) is 0.773. The lowest BCUT2D eigenvalue weighted by molar-refractivity contribution is -0.126. The van der Waals surface area contributed by atoms with Gasteiger partial charge in [0, 0.05) is 13.1 Å².